The highest BCUT2D eigenvalue weighted by Gasteiger charge is 2.24. The number of aryl methyl sites for hydroxylation is 3. The van der Waals surface area contributed by atoms with Crippen molar-refractivity contribution in [3.8, 4) is 11.3 Å². The number of hydrogen-bond donors (Lipinski definition) is 3. The van der Waals surface area contributed by atoms with Crippen molar-refractivity contribution < 1.29 is 19.4 Å². The largest absolute Gasteiger partial charge is 0.478 e. The van der Waals surface area contributed by atoms with Crippen LogP contribution in [0.25, 0.3) is 11.3 Å². The molecule has 0 fully saturated rings. The van der Waals surface area contributed by atoms with E-state index in [1.54, 1.807) is 18.2 Å². The van der Waals surface area contributed by atoms with Gasteiger partial charge in [0.1, 0.15) is 5.60 Å². The van der Waals surface area contributed by atoms with Crippen LogP contribution in [0, 0.1) is 19.3 Å². The fraction of sp³-hybridized carbons (Fsp3) is 0.438. The molecule has 1 aromatic heterocycles. The Morgan fingerprint density at radius 1 is 0.976 bits per heavy atom. The lowest BCUT2D eigenvalue weighted by Crippen LogP contribution is -2.41. The average Bonchev–Trinajstić information content (AvgIpc) is 2.84. The SMILES string of the molecule is Cc1cccc(C)c1-c1cc(CCC(CC(C)(C)C)NC(=O)OC(C)(C)C)nc(NSc2cccc(C(=O)O)c2)n1. The summed E-state index contributed by atoms with van der Waals surface area (Å²) in [5.74, 6) is -0.550. The molecule has 1 heterocycles. The van der Waals surface area contributed by atoms with Gasteiger partial charge in [-0.05, 0) is 107 Å². The Morgan fingerprint density at radius 3 is 2.24 bits per heavy atom. The van der Waals surface area contributed by atoms with Crippen LogP contribution in [0.2, 0.25) is 0 Å². The van der Waals surface area contributed by atoms with E-state index in [0.717, 1.165) is 39.4 Å². The van der Waals surface area contributed by atoms with Crippen molar-refractivity contribution >= 4 is 30.0 Å². The highest BCUT2D eigenvalue weighted by molar-refractivity contribution is 8.00. The Balaban J connectivity index is 1.89. The number of nitrogens with one attached hydrogen (secondary N) is 2. The molecule has 1 atom stereocenters. The third-order valence-corrected chi connectivity index (χ3v) is 6.96. The van der Waals surface area contributed by atoms with Crippen molar-refractivity contribution in [3.63, 3.8) is 0 Å². The molecule has 8 nitrogen and oxygen atoms in total. The summed E-state index contributed by atoms with van der Waals surface area (Å²) in [7, 11) is 0. The van der Waals surface area contributed by atoms with Gasteiger partial charge in [-0.3, -0.25) is 4.72 Å². The van der Waals surface area contributed by atoms with Gasteiger partial charge in [0.15, 0.2) is 0 Å². The molecule has 1 unspecified atom stereocenters. The van der Waals surface area contributed by atoms with E-state index in [4.69, 9.17) is 14.7 Å². The number of amides is 1. The molecule has 2 aromatic carbocycles. The molecular formula is C32H42N4O4S. The Morgan fingerprint density at radius 2 is 1.63 bits per heavy atom. The van der Waals surface area contributed by atoms with Crippen LogP contribution in [0.3, 0.4) is 0 Å². The van der Waals surface area contributed by atoms with Crippen LogP contribution in [-0.2, 0) is 11.2 Å². The van der Waals surface area contributed by atoms with Crippen molar-refractivity contribution in [1.29, 1.82) is 0 Å². The molecule has 3 rings (SSSR count). The number of alkyl carbamates (subject to hydrolysis) is 1. The minimum absolute atomic E-state index is 0.00260. The fourth-order valence-electron chi connectivity index (χ4n) is 4.58. The van der Waals surface area contributed by atoms with Crippen LogP contribution in [0.1, 0.15) is 81.6 Å². The topological polar surface area (TPSA) is 113 Å². The molecule has 0 saturated heterocycles. The summed E-state index contributed by atoms with van der Waals surface area (Å²) in [5.41, 5.74) is 4.55. The lowest BCUT2D eigenvalue weighted by atomic mass is 9.86. The zero-order valence-electron chi connectivity index (χ0n) is 25.3. The molecule has 0 aliphatic heterocycles. The third-order valence-electron chi connectivity index (χ3n) is 6.19. The Labute approximate surface area is 247 Å². The molecular weight excluding hydrogens is 536 g/mol. The Bertz CT molecular complexity index is 1360. The van der Waals surface area contributed by atoms with Gasteiger partial charge in [0.05, 0.1) is 11.3 Å². The van der Waals surface area contributed by atoms with Crippen LogP contribution in [0.5, 0.6) is 0 Å². The molecule has 0 saturated carbocycles. The molecule has 220 valence electrons. The number of nitrogens with zero attached hydrogens (tertiary/aromatic N) is 2. The normalized spacial score (nSPS) is 12.5. The lowest BCUT2D eigenvalue weighted by molar-refractivity contribution is 0.0489. The van der Waals surface area contributed by atoms with Gasteiger partial charge in [0.2, 0.25) is 5.95 Å². The predicted octanol–water partition coefficient (Wildman–Crippen LogP) is 7.84. The van der Waals surface area contributed by atoms with Gasteiger partial charge in [0, 0.05) is 22.2 Å². The molecule has 0 radical (unpaired) electrons. The number of carbonyl (C=O) groups is 2. The Hall–Kier alpha value is -3.59. The summed E-state index contributed by atoms with van der Waals surface area (Å²) in [6.07, 6.45) is 1.65. The number of rotatable bonds is 10. The van der Waals surface area contributed by atoms with E-state index in [1.807, 2.05) is 39.0 Å². The molecule has 41 heavy (non-hydrogen) atoms. The number of carboxylic acids is 1. The summed E-state index contributed by atoms with van der Waals surface area (Å²) in [6, 6.07) is 14.8. The maximum atomic E-state index is 12.6. The number of carboxylic acid groups (broad SMARTS) is 1. The van der Waals surface area contributed by atoms with Crippen LogP contribution in [-0.4, -0.2) is 38.8 Å². The van der Waals surface area contributed by atoms with E-state index < -0.39 is 17.7 Å². The van der Waals surface area contributed by atoms with Crippen LogP contribution in [0.4, 0.5) is 10.7 Å². The smallest absolute Gasteiger partial charge is 0.407 e. The van der Waals surface area contributed by atoms with E-state index in [1.165, 1.54) is 11.9 Å². The van der Waals surface area contributed by atoms with Gasteiger partial charge in [-0.2, -0.15) is 0 Å². The second-order valence-electron chi connectivity index (χ2n) is 12.5. The third kappa shape index (κ3) is 10.4. The molecule has 0 spiro atoms. The first kappa shape index (κ1) is 31.9. The van der Waals surface area contributed by atoms with Gasteiger partial charge in [-0.1, -0.05) is 45.0 Å². The molecule has 1 amide bonds. The lowest BCUT2D eigenvalue weighted by Gasteiger charge is -2.28. The molecule has 3 aromatic rings. The summed E-state index contributed by atoms with van der Waals surface area (Å²) < 4.78 is 8.74. The van der Waals surface area contributed by atoms with Crippen molar-refractivity contribution in [3.05, 3.63) is 70.9 Å². The molecule has 0 bridgehead atoms. The summed E-state index contributed by atoms with van der Waals surface area (Å²) >= 11 is 1.26. The molecule has 0 aliphatic rings. The standard InChI is InChI=1S/C32H42N4O4S/c1-20-11-9-12-21(2)27(20)26-18-23(15-16-24(19-31(3,4)5)34-30(39)40-32(6,7)8)33-29(35-26)36-41-25-14-10-13-22(17-25)28(37)38/h9-14,17-18,24H,15-16,19H2,1-8H3,(H,34,39)(H,37,38)(H,33,35,36). The summed E-state index contributed by atoms with van der Waals surface area (Å²) in [5, 5.41) is 12.4. The second kappa shape index (κ2) is 13.4. The van der Waals surface area contributed by atoms with E-state index in [-0.39, 0.29) is 17.0 Å². The highest BCUT2D eigenvalue weighted by atomic mass is 32.2. The average molecular weight is 579 g/mol. The number of benzene rings is 2. The van der Waals surface area contributed by atoms with Gasteiger partial charge in [-0.25, -0.2) is 19.6 Å². The first-order valence-electron chi connectivity index (χ1n) is 13.8. The highest BCUT2D eigenvalue weighted by Crippen LogP contribution is 2.29. The Kier molecular flexibility index (Phi) is 10.4. The molecule has 0 aliphatic carbocycles. The number of ether oxygens (including phenoxy) is 1. The zero-order chi connectivity index (χ0) is 30.4. The summed E-state index contributed by atoms with van der Waals surface area (Å²) in [4.78, 5) is 34.4. The van der Waals surface area contributed by atoms with Crippen molar-refractivity contribution in [2.45, 2.75) is 91.2 Å². The first-order chi connectivity index (χ1) is 19.1. The summed E-state index contributed by atoms with van der Waals surface area (Å²) in [6.45, 7) is 16.1. The number of anilines is 1. The van der Waals surface area contributed by atoms with Crippen molar-refractivity contribution in [2.24, 2.45) is 5.41 Å². The number of carbonyl (C=O) groups excluding carboxylic acids is 1. The maximum absolute atomic E-state index is 12.6. The van der Waals surface area contributed by atoms with Crippen molar-refractivity contribution in [2.75, 3.05) is 4.72 Å². The van der Waals surface area contributed by atoms with Crippen molar-refractivity contribution in [1.82, 2.24) is 15.3 Å². The zero-order valence-corrected chi connectivity index (χ0v) is 26.1. The maximum Gasteiger partial charge on any atom is 0.407 e. The quantitative estimate of drug-likeness (QED) is 0.209. The van der Waals surface area contributed by atoms with Gasteiger partial charge >= 0.3 is 12.1 Å². The van der Waals surface area contributed by atoms with Gasteiger partial charge in [-0.15, -0.1) is 0 Å². The van der Waals surface area contributed by atoms with E-state index in [2.05, 4.69) is 56.8 Å². The monoisotopic (exact) mass is 578 g/mol. The minimum atomic E-state index is -0.979. The molecule has 9 heteroatoms. The van der Waals surface area contributed by atoms with E-state index in [9.17, 15) is 14.7 Å². The minimum Gasteiger partial charge on any atom is -0.478 e. The van der Waals surface area contributed by atoms with Crippen LogP contribution in [0.15, 0.2) is 53.4 Å². The first-order valence-corrected chi connectivity index (χ1v) is 14.6. The predicted molar refractivity (Wildman–Crippen MR) is 165 cm³/mol. The van der Waals surface area contributed by atoms with E-state index in [0.29, 0.717) is 18.8 Å². The van der Waals surface area contributed by atoms with Crippen LogP contribution >= 0.6 is 11.9 Å². The molecule has 3 N–H and O–H groups in total. The number of aromatic carboxylic acids is 1. The fourth-order valence-corrected chi connectivity index (χ4v) is 5.21. The van der Waals surface area contributed by atoms with Gasteiger partial charge in [0.25, 0.3) is 0 Å². The number of aromatic nitrogens is 2. The number of hydrogen-bond acceptors (Lipinski definition) is 7. The van der Waals surface area contributed by atoms with Gasteiger partial charge < -0.3 is 15.2 Å². The van der Waals surface area contributed by atoms with E-state index >= 15 is 0 Å². The second-order valence-corrected chi connectivity index (χ2v) is 13.4. The van der Waals surface area contributed by atoms with Crippen LogP contribution < -0.4 is 10.0 Å².